The highest BCUT2D eigenvalue weighted by Gasteiger charge is 2.03. The largest absolute Gasteiger partial charge is 0.494 e. The van der Waals surface area contributed by atoms with Crippen molar-refractivity contribution < 1.29 is 14.6 Å². The number of carbonyl (C=O) groups is 1. The highest BCUT2D eigenvalue weighted by Crippen LogP contribution is 2.26. The number of carboxylic acids is 1. The number of ether oxygens (including phenoxy) is 1. The molecule has 0 saturated carbocycles. The molecule has 0 aliphatic heterocycles. The van der Waals surface area contributed by atoms with Crippen LogP contribution < -0.4 is 4.74 Å². The Hall–Kier alpha value is -1.03. The molecule has 0 amide bonds. The smallest absolute Gasteiger partial charge is 0.303 e. The normalized spacial score (nSPS) is 10.2. The number of aryl methyl sites for hydroxylation is 2. The fourth-order valence-corrected chi connectivity index (χ4v) is 1.63. The lowest BCUT2D eigenvalue weighted by molar-refractivity contribution is -0.137. The van der Waals surface area contributed by atoms with Crippen molar-refractivity contribution >= 4 is 21.9 Å². The van der Waals surface area contributed by atoms with E-state index in [1.54, 1.807) is 0 Å². The van der Waals surface area contributed by atoms with Gasteiger partial charge in [-0.1, -0.05) is 15.9 Å². The van der Waals surface area contributed by atoms with Crippen LogP contribution in [0.2, 0.25) is 0 Å². The summed E-state index contributed by atoms with van der Waals surface area (Å²) in [6, 6.07) is 3.88. The molecule has 0 heterocycles. The van der Waals surface area contributed by atoms with Gasteiger partial charge in [0.15, 0.2) is 0 Å². The first-order valence-electron chi connectivity index (χ1n) is 5.12. The molecule has 1 N–H and O–H groups in total. The predicted octanol–water partition coefficient (Wildman–Crippen LogP) is 3.31. The number of halogens is 1. The zero-order valence-electron chi connectivity index (χ0n) is 9.42. The quantitative estimate of drug-likeness (QED) is 0.845. The Balaban J connectivity index is 2.52. The maximum Gasteiger partial charge on any atom is 0.303 e. The van der Waals surface area contributed by atoms with Crippen LogP contribution in [0.25, 0.3) is 0 Å². The van der Waals surface area contributed by atoms with Gasteiger partial charge in [-0.15, -0.1) is 0 Å². The minimum atomic E-state index is -0.785. The van der Waals surface area contributed by atoms with Gasteiger partial charge < -0.3 is 9.84 Å². The third-order valence-electron chi connectivity index (χ3n) is 2.21. The molecule has 0 radical (unpaired) electrons. The fraction of sp³-hybridized carbons (Fsp3) is 0.417. The molecule has 0 saturated heterocycles. The first-order chi connectivity index (χ1) is 7.50. The lowest BCUT2D eigenvalue weighted by Gasteiger charge is -2.09. The van der Waals surface area contributed by atoms with Gasteiger partial charge >= 0.3 is 5.97 Å². The van der Waals surface area contributed by atoms with Crippen LogP contribution >= 0.6 is 15.9 Å². The molecular weight excluding hydrogens is 272 g/mol. The standard InChI is InChI=1S/C12H15BrO3/c1-8-6-10(7-9(2)12(8)13)16-5-3-4-11(14)15/h6-7H,3-5H2,1-2H3,(H,14,15). The molecule has 0 unspecified atom stereocenters. The molecule has 0 aliphatic rings. The van der Waals surface area contributed by atoms with Crippen molar-refractivity contribution in [3.63, 3.8) is 0 Å². The minimum Gasteiger partial charge on any atom is -0.494 e. The molecule has 0 fully saturated rings. The summed E-state index contributed by atoms with van der Waals surface area (Å²) in [4.78, 5) is 10.3. The summed E-state index contributed by atoms with van der Waals surface area (Å²) >= 11 is 3.48. The first kappa shape index (κ1) is 13.0. The van der Waals surface area contributed by atoms with Gasteiger partial charge in [0, 0.05) is 10.9 Å². The van der Waals surface area contributed by atoms with Gasteiger partial charge in [0.25, 0.3) is 0 Å². The predicted molar refractivity (Wildman–Crippen MR) is 66.0 cm³/mol. The second-order valence-electron chi connectivity index (χ2n) is 3.72. The Bertz CT molecular complexity index is 365. The molecule has 0 aromatic heterocycles. The fourth-order valence-electron chi connectivity index (χ4n) is 1.40. The van der Waals surface area contributed by atoms with Gasteiger partial charge in [-0.2, -0.15) is 0 Å². The average molecular weight is 287 g/mol. The summed E-state index contributed by atoms with van der Waals surface area (Å²) in [6.45, 7) is 4.44. The molecular formula is C12H15BrO3. The highest BCUT2D eigenvalue weighted by molar-refractivity contribution is 9.10. The Morgan fingerprint density at radius 1 is 1.38 bits per heavy atom. The minimum absolute atomic E-state index is 0.147. The van der Waals surface area contributed by atoms with Crippen LogP contribution in [-0.2, 0) is 4.79 Å². The molecule has 16 heavy (non-hydrogen) atoms. The van der Waals surface area contributed by atoms with Crippen LogP contribution in [0, 0.1) is 13.8 Å². The highest BCUT2D eigenvalue weighted by atomic mass is 79.9. The van der Waals surface area contributed by atoms with Crippen LogP contribution in [0.1, 0.15) is 24.0 Å². The van der Waals surface area contributed by atoms with Crippen molar-refractivity contribution in [3.05, 3.63) is 27.7 Å². The Labute approximate surface area is 104 Å². The third-order valence-corrected chi connectivity index (χ3v) is 3.46. The number of aliphatic carboxylic acids is 1. The van der Waals surface area contributed by atoms with Gasteiger partial charge in [-0.05, 0) is 43.5 Å². The van der Waals surface area contributed by atoms with Gasteiger partial charge in [-0.25, -0.2) is 0 Å². The van der Waals surface area contributed by atoms with Crippen molar-refractivity contribution in [3.8, 4) is 5.75 Å². The monoisotopic (exact) mass is 286 g/mol. The number of hydrogen-bond acceptors (Lipinski definition) is 2. The van der Waals surface area contributed by atoms with E-state index in [2.05, 4.69) is 15.9 Å². The first-order valence-corrected chi connectivity index (χ1v) is 5.91. The van der Waals surface area contributed by atoms with Crippen molar-refractivity contribution in [2.24, 2.45) is 0 Å². The second-order valence-corrected chi connectivity index (χ2v) is 4.51. The Morgan fingerprint density at radius 2 is 1.94 bits per heavy atom. The van der Waals surface area contributed by atoms with Crippen LogP contribution in [0.15, 0.2) is 16.6 Å². The summed E-state index contributed by atoms with van der Waals surface area (Å²) in [5, 5.41) is 8.47. The molecule has 1 aromatic carbocycles. The lowest BCUT2D eigenvalue weighted by Crippen LogP contribution is -2.02. The van der Waals surface area contributed by atoms with E-state index in [4.69, 9.17) is 9.84 Å². The maximum absolute atomic E-state index is 10.3. The van der Waals surface area contributed by atoms with Crippen LogP contribution in [0.5, 0.6) is 5.75 Å². The van der Waals surface area contributed by atoms with E-state index in [0.29, 0.717) is 13.0 Å². The molecule has 4 heteroatoms. The van der Waals surface area contributed by atoms with Crippen LogP contribution in [0.3, 0.4) is 0 Å². The molecule has 88 valence electrons. The maximum atomic E-state index is 10.3. The van der Waals surface area contributed by atoms with Crippen molar-refractivity contribution in [2.75, 3.05) is 6.61 Å². The van der Waals surface area contributed by atoms with Crippen LogP contribution in [0.4, 0.5) is 0 Å². The van der Waals surface area contributed by atoms with Gasteiger partial charge in [0.05, 0.1) is 6.61 Å². The molecule has 0 aliphatic carbocycles. The second kappa shape index (κ2) is 5.89. The molecule has 3 nitrogen and oxygen atoms in total. The van der Waals surface area contributed by atoms with Crippen molar-refractivity contribution in [1.82, 2.24) is 0 Å². The summed E-state index contributed by atoms with van der Waals surface area (Å²) < 4.78 is 6.58. The number of rotatable bonds is 5. The van der Waals surface area contributed by atoms with Crippen molar-refractivity contribution in [2.45, 2.75) is 26.7 Å². The van der Waals surface area contributed by atoms with Gasteiger partial charge in [0.1, 0.15) is 5.75 Å². The number of benzene rings is 1. The van der Waals surface area contributed by atoms with Crippen LogP contribution in [-0.4, -0.2) is 17.7 Å². The van der Waals surface area contributed by atoms with Gasteiger partial charge in [-0.3, -0.25) is 4.79 Å². The lowest BCUT2D eigenvalue weighted by atomic mass is 10.1. The summed E-state index contributed by atoms with van der Waals surface area (Å²) in [7, 11) is 0. The zero-order valence-corrected chi connectivity index (χ0v) is 11.0. The summed E-state index contributed by atoms with van der Waals surface area (Å²) in [5.41, 5.74) is 2.24. The number of carboxylic acid groups (broad SMARTS) is 1. The van der Waals surface area contributed by atoms with Gasteiger partial charge in [0.2, 0.25) is 0 Å². The van der Waals surface area contributed by atoms with E-state index in [-0.39, 0.29) is 6.42 Å². The molecule has 1 rings (SSSR count). The van der Waals surface area contributed by atoms with E-state index in [1.165, 1.54) is 0 Å². The molecule has 0 atom stereocenters. The molecule has 0 bridgehead atoms. The summed E-state index contributed by atoms with van der Waals surface area (Å²) in [6.07, 6.45) is 0.679. The third kappa shape index (κ3) is 3.85. The Morgan fingerprint density at radius 3 is 2.44 bits per heavy atom. The topological polar surface area (TPSA) is 46.5 Å². The Kier molecular flexibility index (Phi) is 4.80. The molecule has 1 aromatic rings. The molecule has 0 spiro atoms. The summed E-state index contributed by atoms with van der Waals surface area (Å²) in [5.74, 6) is 0.00959. The van der Waals surface area contributed by atoms with E-state index in [9.17, 15) is 4.79 Å². The van der Waals surface area contributed by atoms with Crippen molar-refractivity contribution in [1.29, 1.82) is 0 Å². The SMILES string of the molecule is Cc1cc(OCCCC(=O)O)cc(C)c1Br. The number of hydrogen-bond donors (Lipinski definition) is 1. The van der Waals surface area contributed by atoms with E-state index < -0.39 is 5.97 Å². The zero-order chi connectivity index (χ0) is 12.1. The average Bonchev–Trinajstić information content (AvgIpc) is 2.20. The van der Waals surface area contributed by atoms with E-state index in [1.807, 2.05) is 26.0 Å². The van der Waals surface area contributed by atoms with E-state index >= 15 is 0 Å². The van der Waals surface area contributed by atoms with E-state index in [0.717, 1.165) is 21.3 Å².